The first-order chi connectivity index (χ1) is 11.3. The fourth-order valence-corrected chi connectivity index (χ4v) is 2.92. The van der Waals surface area contributed by atoms with E-state index in [0.717, 1.165) is 18.7 Å². The smallest absolute Gasteiger partial charge is 0.410 e. The van der Waals surface area contributed by atoms with Crippen LogP contribution in [-0.2, 0) is 11.3 Å². The molecule has 1 amide bonds. The van der Waals surface area contributed by atoms with Crippen LogP contribution >= 0.6 is 0 Å². The molecule has 1 aromatic carbocycles. The maximum atomic E-state index is 12.2. The van der Waals surface area contributed by atoms with Gasteiger partial charge in [0.05, 0.1) is 0 Å². The lowest BCUT2D eigenvalue weighted by Gasteiger charge is -2.50. The zero-order chi connectivity index (χ0) is 17.8. The van der Waals surface area contributed by atoms with E-state index in [2.05, 4.69) is 39.2 Å². The average molecular weight is 330 g/mol. The first kappa shape index (κ1) is 18.5. The van der Waals surface area contributed by atoms with Crippen molar-refractivity contribution in [1.29, 1.82) is 0 Å². The summed E-state index contributed by atoms with van der Waals surface area (Å²) in [4.78, 5) is 16.5. The summed E-state index contributed by atoms with van der Waals surface area (Å²) in [6.45, 7) is 16.3. The van der Waals surface area contributed by atoms with Crippen LogP contribution in [0.1, 0.15) is 33.3 Å². The number of nitrogens with zero attached hydrogens (tertiary/aromatic N) is 2. The predicted molar refractivity (Wildman–Crippen MR) is 97.8 cm³/mol. The molecular weight excluding hydrogens is 300 g/mol. The minimum absolute atomic E-state index is 0.00296. The van der Waals surface area contributed by atoms with Gasteiger partial charge in [-0.15, -0.1) is 6.58 Å². The molecule has 1 heterocycles. The highest BCUT2D eigenvalue weighted by atomic mass is 16.6. The number of amides is 1. The molecule has 1 saturated heterocycles. The van der Waals surface area contributed by atoms with Crippen LogP contribution in [-0.4, -0.2) is 47.6 Å². The summed E-state index contributed by atoms with van der Waals surface area (Å²) < 4.78 is 5.43. The van der Waals surface area contributed by atoms with E-state index >= 15 is 0 Å². The van der Waals surface area contributed by atoms with Crippen molar-refractivity contribution >= 4 is 6.09 Å². The van der Waals surface area contributed by atoms with Crippen LogP contribution in [0, 0.1) is 5.41 Å². The molecule has 2 rings (SSSR count). The molecule has 0 aromatic heterocycles. The standard InChI is InChI=1S/C20H30N2O2/c1-6-19(2,3)20(4,5)22-14-12-21(13-15-22)18(23)24-16-17-10-8-7-9-11-17/h6-11H,1,12-16H2,2-5H3. The van der Waals surface area contributed by atoms with E-state index in [1.807, 2.05) is 36.4 Å². The molecule has 4 heteroatoms. The summed E-state index contributed by atoms with van der Waals surface area (Å²) >= 11 is 0. The fraction of sp³-hybridized carbons (Fsp3) is 0.550. The monoisotopic (exact) mass is 330 g/mol. The molecule has 1 aliphatic rings. The summed E-state index contributed by atoms with van der Waals surface area (Å²) in [5, 5.41) is 0. The fourth-order valence-electron chi connectivity index (χ4n) is 2.92. The molecule has 0 saturated carbocycles. The summed E-state index contributed by atoms with van der Waals surface area (Å²) in [6, 6.07) is 9.78. The van der Waals surface area contributed by atoms with E-state index in [4.69, 9.17) is 4.74 Å². The number of ether oxygens (including phenoxy) is 1. The molecule has 132 valence electrons. The van der Waals surface area contributed by atoms with Gasteiger partial charge in [-0.2, -0.15) is 0 Å². The van der Waals surface area contributed by atoms with Gasteiger partial charge in [0.25, 0.3) is 0 Å². The van der Waals surface area contributed by atoms with Gasteiger partial charge in [0, 0.05) is 37.1 Å². The molecule has 4 nitrogen and oxygen atoms in total. The van der Waals surface area contributed by atoms with Gasteiger partial charge in [0.15, 0.2) is 0 Å². The first-order valence-electron chi connectivity index (χ1n) is 8.62. The average Bonchev–Trinajstić information content (AvgIpc) is 2.60. The van der Waals surface area contributed by atoms with Crippen molar-refractivity contribution in [1.82, 2.24) is 9.80 Å². The van der Waals surface area contributed by atoms with Crippen molar-refractivity contribution in [2.45, 2.75) is 39.8 Å². The summed E-state index contributed by atoms with van der Waals surface area (Å²) in [7, 11) is 0. The number of carbonyl (C=O) groups is 1. The van der Waals surface area contributed by atoms with E-state index in [1.54, 1.807) is 4.90 Å². The van der Waals surface area contributed by atoms with E-state index in [1.165, 1.54) is 0 Å². The van der Waals surface area contributed by atoms with Gasteiger partial charge in [0.2, 0.25) is 0 Å². The molecule has 1 fully saturated rings. The second kappa shape index (κ2) is 7.39. The summed E-state index contributed by atoms with van der Waals surface area (Å²) in [6.07, 6.45) is 1.80. The normalized spacial score (nSPS) is 16.8. The second-order valence-corrected chi connectivity index (χ2v) is 7.50. The van der Waals surface area contributed by atoms with Crippen LogP contribution in [0.15, 0.2) is 43.0 Å². The molecule has 0 unspecified atom stereocenters. The third kappa shape index (κ3) is 3.99. The SMILES string of the molecule is C=CC(C)(C)C(C)(C)N1CCN(C(=O)OCc2ccccc2)CC1. The summed E-state index contributed by atoms with van der Waals surface area (Å²) in [5.74, 6) is 0. The number of benzene rings is 1. The van der Waals surface area contributed by atoms with Gasteiger partial charge in [-0.05, 0) is 19.4 Å². The van der Waals surface area contributed by atoms with Crippen molar-refractivity contribution in [2.75, 3.05) is 26.2 Å². The zero-order valence-corrected chi connectivity index (χ0v) is 15.4. The Kier molecular flexibility index (Phi) is 5.70. The molecule has 1 aliphatic heterocycles. The quantitative estimate of drug-likeness (QED) is 0.767. The third-order valence-electron chi connectivity index (χ3n) is 5.62. The van der Waals surface area contributed by atoms with Gasteiger partial charge in [-0.25, -0.2) is 4.79 Å². The Labute approximate surface area is 146 Å². The van der Waals surface area contributed by atoms with Gasteiger partial charge in [-0.1, -0.05) is 50.3 Å². The lowest BCUT2D eigenvalue weighted by Crippen LogP contribution is -2.60. The summed E-state index contributed by atoms with van der Waals surface area (Å²) in [5.41, 5.74) is 1.01. The minimum Gasteiger partial charge on any atom is -0.445 e. The topological polar surface area (TPSA) is 32.8 Å². The van der Waals surface area contributed by atoms with Crippen LogP contribution in [0.2, 0.25) is 0 Å². The molecule has 0 aliphatic carbocycles. The van der Waals surface area contributed by atoms with Crippen LogP contribution in [0.25, 0.3) is 0 Å². The van der Waals surface area contributed by atoms with Crippen LogP contribution in [0.4, 0.5) is 4.79 Å². The Balaban J connectivity index is 1.86. The Morgan fingerprint density at radius 1 is 1.12 bits per heavy atom. The Morgan fingerprint density at radius 2 is 1.71 bits per heavy atom. The molecule has 0 spiro atoms. The number of carbonyl (C=O) groups excluding carboxylic acids is 1. The predicted octanol–water partition coefficient (Wildman–Crippen LogP) is 3.93. The molecular formula is C20H30N2O2. The van der Waals surface area contributed by atoms with Crippen LogP contribution in [0.5, 0.6) is 0 Å². The molecule has 0 bridgehead atoms. The van der Waals surface area contributed by atoms with E-state index in [0.29, 0.717) is 19.7 Å². The van der Waals surface area contributed by atoms with Crippen molar-refractivity contribution in [2.24, 2.45) is 5.41 Å². The lowest BCUT2D eigenvalue weighted by atomic mass is 9.73. The van der Waals surface area contributed by atoms with E-state index < -0.39 is 0 Å². The van der Waals surface area contributed by atoms with Gasteiger partial charge in [0.1, 0.15) is 6.61 Å². The number of hydrogen-bond donors (Lipinski definition) is 0. The maximum Gasteiger partial charge on any atom is 0.410 e. The maximum absolute atomic E-state index is 12.2. The molecule has 0 N–H and O–H groups in total. The minimum atomic E-state index is -0.223. The molecule has 24 heavy (non-hydrogen) atoms. The second-order valence-electron chi connectivity index (χ2n) is 7.50. The molecule has 0 radical (unpaired) electrons. The highest BCUT2D eigenvalue weighted by Crippen LogP contribution is 2.37. The lowest BCUT2D eigenvalue weighted by molar-refractivity contribution is -0.00276. The Hall–Kier alpha value is -1.81. The highest BCUT2D eigenvalue weighted by molar-refractivity contribution is 5.67. The number of piperazine rings is 1. The van der Waals surface area contributed by atoms with E-state index in [9.17, 15) is 4.79 Å². The van der Waals surface area contributed by atoms with Gasteiger partial charge in [-0.3, -0.25) is 4.90 Å². The largest absolute Gasteiger partial charge is 0.445 e. The Morgan fingerprint density at radius 3 is 2.25 bits per heavy atom. The van der Waals surface area contributed by atoms with Crippen molar-refractivity contribution in [3.8, 4) is 0 Å². The van der Waals surface area contributed by atoms with Crippen molar-refractivity contribution < 1.29 is 9.53 Å². The number of hydrogen-bond acceptors (Lipinski definition) is 3. The Bertz CT molecular complexity index is 558. The first-order valence-corrected chi connectivity index (χ1v) is 8.62. The number of rotatable bonds is 5. The molecule has 0 atom stereocenters. The van der Waals surface area contributed by atoms with Crippen LogP contribution < -0.4 is 0 Å². The van der Waals surface area contributed by atoms with Gasteiger partial charge >= 0.3 is 6.09 Å². The zero-order valence-electron chi connectivity index (χ0n) is 15.4. The molecule has 1 aromatic rings. The van der Waals surface area contributed by atoms with Gasteiger partial charge < -0.3 is 9.64 Å². The van der Waals surface area contributed by atoms with E-state index in [-0.39, 0.29) is 17.0 Å². The highest BCUT2D eigenvalue weighted by Gasteiger charge is 2.41. The third-order valence-corrected chi connectivity index (χ3v) is 5.62. The van der Waals surface area contributed by atoms with Crippen molar-refractivity contribution in [3.05, 3.63) is 48.6 Å². The van der Waals surface area contributed by atoms with Crippen molar-refractivity contribution in [3.63, 3.8) is 0 Å². The van der Waals surface area contributed by atoms with Crippen LogP contribution in [0.3, 0.4) is 0 Å².